The van der Waals surface area contributed by atoms with Gasteiger partial charge in [-0.2, -0.15) is 0 Å². The molecule has 0 aliphatic carbocycles. The first kappa shape index (κ1) is 11.3. The van der Waals surface area contributed by atoms with Gasteiger partial charge in [0.2, 0.25) is 0 Å². The summed E-state index contributed by atoms with van der Waals surface area (Å²) in [5.41, 5.74) is 1.48. The summed E-state index contributed by atoms with van der Waals surface area (Å²) in [4.78, 5) is 0. The molecule has 0 spiro atoms. The van der Waals surface area contributed by atoms with Gasteiger partial charge in [0.25, 0.3) is 0 Å². The van der Waals surface area contributed by atoms with Gasteiger partial charge < -0.3 is 0 Å². The first-order valence-electron chi connectivity index (χ1n) is 5.90. The summed E-state index contributed by atoms with van der Waals surface area (Å²) in [5.74, 6) is 0.943. The Balaban J connectivity index is 2.21. The molecular formula is C14H22. The van der Waals surface area contributed by atoms with Crippen molar-refractivity contribution in [2.75, 3.05) is 0 Å². The van der Waals surface area contributed by atoms with Crippen LogP contribution in [0.1, 0.15) is 45.1 Å². The predicted molar refractivity (Wildman–Crippen MR) is 63.5 cm³/mol. The first-order chi connectivity index (χ1) is 6.86. The predicted octanol–water partition coefficient (Wildman–Crippen LogP) is 4.45. The van der Waals surface area contributed by atoms with Gasteiger partial charge in [-0.15, -0.1) is 0 Å². The molecule has 0 nitrogen and oxygen atoms in total. The number of rotatable bonds is 6. The summed E-state index contributed by atoms with van der Waals surface area (Å²) in [6.45, 7) is 4.60. The highest BCUT2D eigenvalue weighted by molar-refractivity contribution is 5.14. The zero-order chi connectivity index (χ0) is 10.2. The minimum Gasteiger partial charge on any atom is -0.0651 e. The van der Waals surface area contributed by atoms with E-state index < -0.39 is 0 Å². The molecule has 0 aliphatic heterocycles. The summed E-state index contributed by atoms with van der Waals surface area (Å²) in [6.07, 6.45) is 6.66. The van der Waals surface area contributed by atoms with Crippen LogP contribution in [0.3, 0.4) is 0 Å². The van der Waals surface area contributed by atoms with E-state index in [0.29, 0.717) is 0 Å². The second kappa shape index (κ2) is 6.64. The van der Waals surface area contributed by atoms with Crippen LogP contribution in [-0.4, -0.2) is 0 Å². The highest BCUT2D eigenvalue weighted by Gasteiger charge is 2.02. The van der Waals surface area contributed by atoms with E-state index >= 15 is 0 Å². The van der Waals surface area contributed by atoms with E-state index in [1.54, 1.807) is 0 Å². The van der Waals surface area contributed by atoms with Gasteiger partial charge in [0.15, 0.2) is 0 Å². The van der Waals surface area contributed by atoms with Crippen LogP contribution in [0.25, 0.3) is 0 Å². The fraction of sp³-hybridized carbons (Fsp3) is 0.571. The monoisotopic (exact) mass is 190 g/mol. The minimum atomic E-state index is 0.943. The Morgan fingerprint density at radius 3 is 2.21 bits per heavy atom. The second-order valence-corrected chi connectivity index (χ2v) is 4.06. The quantitative estimate of drug-likeness (QED) is 0.622. The molecule has 0 atom stereocenters. The number of hydrogen-bond donors (Lipinski definition) is 0. The topological polar surface area (TPSA) is 0 Å². The molecule has 78 valence electrons. The molecular weight excluding hydrogens is 168 g/mol. The molecule has 0 aliphatic rings. The summed E-state index contributed by atoms with van der Waals surface area (Å²) in [7, 11) is 0. The van der Waals surface area contributed by atoms with E-state index in [1.807, 2.05) is 0 Å². The summed E-state index contributed by atoms with van der Waals surface area (Å²) in [5, 5.41) is 0. The van der Waals surface area contributed by atoms with Gasteiger partial charge >= 0.3 is 0 Å². The molecule has 0 N–H and O–H groups in total. The standard InChI is InChI=1S/C14H22/c1-3-13(4-2)11-8-12-14-9-6-5-7-10-14/h5-7,9-10,13H,3-4,8,11-12H2,1-2H3. The Kier molecular flexibility index (Phi) is 5.36. The Morgan fingerprint density at radius 1 is 1.00 bits per heavy atom. The Morgan fingerprint density at radius 2 is 1.64 bits per heavy atom. The van der Waals surface area contributed by atoms with Crippen molar-refractivity contribution in [3.63, 3.8) is 0 Å². The molecule has 1 aromatic carbocycles. The van der Waals surface area contributed by atoms with E-state index in [1.165, 1.54) is 37.7 Å². The highest BCUT2D eigenvalue weighted by atomic mass is 14.1. The maximum atomic E-state index is 2.30. The van der Waals surface area contributed by atoms with Crippen molar-refractivity contribution in [2.24, 2.45) is 5.92 Å². The molecule has 0 radical (unpaired) electrons. The van der Waals surface area contributed by atoms with Crippen LogP contribution in [-0.2, 0) is 6.42 Å². The van der Waals surface area contributed by atoms with Gasteiger partial charge in [-0.3, -0.25) is 0 Å². The Labute approximate surface area is 88.4 Å². The molecule has 0 fully saturated rings. The zero-order valence-electron chi connectivity index (χ0n) is 9.50. The molecule has 0 heterocycles. The number of aryl methyl sites for hydroxylation is 1. The molecule has 14 heavy (non-hydrogen) atoms. The minimum absolute atomic E-state index is 0.943. The normalized spacial score (nSPS) is 10.8. The Bertz CT molecular complexity index is 221. The third kappa shape index (κ3) is 3.95. The molecule has 1 aromatic rings. The van der Waals surface area contributed by atoms with Gasteiger partial charge in [-0.25, -0.2) is 0 Å². The van der Waals surface area contributed by atoms with Crippen molar-refractivity contribution >= 4 is 0 Å². The summed E-state index contributed by atoms with van der Waals surface area (Å²) >= 11 is 0. The van der Waals surface area contributed by atoms with Crippen LogP contribution in [0, 0.1) is 5.92 Å². The summed E-state index contributed by atoms with van der Waals surface area (Å²) < 4.78 is 0. The van der Waals surface area contributed by atoms with Crippen molar-refractivity contribution in [1.82, 2.24) is 0 Å². The van der Waals surface area contributed by atoms with E-state index in [9.17, 15) is 0 Å². The molecule has 0 amide bonds. The summed E-state index contributed by atoms with van der Waals surface area (Å²) in [6, 6.07) is 10.8. The maximum absolute atomic E-state index is 2.30. The average molecular weight is 190 g/mol. The van der Waals surface area contributed by atoms with Crippen molar-refractivity contribution in [3.8, 4) is 0 Å². The molecule has 0 heteroatoms. The molecule has 0 saturated heterocycles. The maximum Gasteiger partial charge on any atom is -0.0279 e. The third-order valence-electron chi connectivity index (χ3n) is 3.08. The van der Waals surface area contributed by atoms with Crippen LogP contribution in [0.4, 0.5) is 0 Å². The molecule has 1 rings (SSSR count). The van der Waals surface area contributed by atoms with Gasteiger partial charge in [-0.05, 0) is 24.3 Å². The van der Waals surface area contributed by atoms with Crippen LogP contribution in [0.15, 0.2) is 30.3 Å². The van der Waals surface area contributed by atoms with Gasteiger partial charge in [0, 0.05) is 0 Å². The number of hydrogen-bond acceptors (Lipinski definition) is 0. The van der Waals surface area contributed by atoms with Gasteiger partial charge in [0.05, 0.1) is 0 Å². The largest absolute Gasteiger partial charge is 0.0651 e. The lowest BCUT2D eigenvalue weighted by molar-refractivity contribution is 0.441. The lowest BCUT2D eigenvalue weighted by Gasteiger charge is -2.11. The fourth-order valence-corrected chi connectivity index (χ4v) is 1.94. The highest BCUT2D eigenvalue weighted by Crippen LogP contribution is 2.16. The lowest BCUT2D eigenvalue weighted by Crippen LogP contribution is -1.97. The first-order valence-corrected chi connectivity index (χ1v) is 5.90. The molecule has 0 bridgehead atoms. The smallest absolute Gasteiger partial charge is 0.0279 e. The van der Waals surface area contributed by atoms with Crippen molar-refractivity contribution in [1.29, 1.82) is 0 Å². The van der Waals surface area contributed by atoms with E-state index in [0.717, 1.165) is 5.92 Å². The van der Waals surface area contributed by atoms with Crippen molar-refractivity contribution in [3.05, 3.63) is 35.9 Å². The van der Waals surface area contributed by atoms with E-state index in [2.05, 4.69) is 44.2 Å². The number of benzene rings is 1. The van der Waals surface area contributed by atoms with Crippen molar-refractivity contribution < 1.29 is 0 Å². The SMILES string of the molecule is CCC(CC)CCCc1ccccc1. The second-order valence-electron chi connectivity index (χ2n) is 4.06. The van der Waals surface area contributed by atoms with Crippen LogP contribution >= 0.6 is 0 Å². The van der Waals surface area contributed by atoms with Crippen LogP contribution < -0.4 is 0 Å². The molecule has 0 unspecified atom stereocenters. The van der Waals surface area contributed by atoms with Crippen LogP contribution in [0.5, 0.6) is 0 Å². The van der Waals surface area contributed by atoms with Gasteiger partial charge in [0.1, 0.15) is 0 Å². The molecule has 0 aromatic heterocycles. The average Bonchev–Trinajstić information content (AvgIpc) is 2.26. The third-order valence-corrected chi connectivity index (χ3v) is 3.08. The Hall–Kier alpha value is -0.780. The lowest BCUT2D eigenvalue weighted by atomic mass is 9.95. The zero-order valence-corrected chi connectivity index (χ0v) is 9.50. The van der Waals surface area contributed by atoms with Gasteiger partial charge in [-0.1, -0.05) is 63.4 Å². The van der Waals surface area contributed by atoms with E-state index in [-0.39, 0.29) is 0 Å². The van der Waals surface area contributed by atoms with Crippen molar-refractivity contribution in [2.45, 2.75) is 46.0 Å². The fourth-order valence-electron chi connectivity index (χ4n) is 1.94. The van der Waals surface area contributed by atoms with Crippen LogP contribution in [0.2, 0.25) is 0 Å². The molecule has 0 saturated carbocycles. The van der Waals surface area contributed by atoms with E-state index in [4.69, 9.17) is 0 Å².